The molecule has 1 fully saturated rings. The molecule has 2 aromatic rings. The highest BCUT2D eigenvalue weighted by Crippen LogP contribution is 2.22. The largest absolute Gasteiger partial charge is 0.332 e. The van der Waals surface area contributed by atoms with E-state index in [-0.39, 0.29) is 6.04 Å². The van der Waals surface area contributed by atoms with Crippen molar-refractivity contribution >= 4 is 0 Å². The van der Waals surface area contributed by atoms with Gasteiger partial charge < -0.3 is 9.84 Å². The molecule has 0 bridgehead atoms. The molecule has 1 atom stereocenters. The van der Waals surface area contributed by atoms with Crippen LogP contribution in [0.25, 0.3) is 11.6 Å². The zero-order valence-electron chi connectivity index (χ0n) is 11.4. The van der Waals surface area contributed by atoms with Gasteiger partial charge in [0.25, 0.3) is 5.89 Å². The molecule has 1 unspecified atom stereocenters. The summed E-state index contributed by atoms with van der Waals surface area (Å²) in [5.74, 6) is 1.25. The Morgan fingerprint density at radius 3 is 2.95 bits per heavy atom. The number of likely N-dealkylation sites (N-methyl/N-ethyl adjacent to an activating group) is 1. The first kappa shape index (κ1) is 12.3. The smallest absolute Gasteiger partial charge is 0.276 e. The molecule has 1 aliphatic rings. The Bertz CT molecular complexity index is 575. The summed E-state index contributed by atoms with van der Waals surface area (Å²) in [6, 6.07) is 2.11. The van der Waals surface area contributed by atoms with E-state index in [1.54, 1.807) is 4.68 Å². The highest BCUT2D eigenvalue weighted by atomic mass is 16.5. The number of aryl methyl sites for hydroxylation is 2. The summed E-state index contributed by atoms with van der Waals surface area (Å²) in [4.78, 5) is 6.74. The fraction of sp³-hybridized carbons (Fsp3) is 0.583. The highest BCUT2D eigenvalue weighted by Gasteiger charge is 2.26. The number of hydrogen-bond donors (Lipinski definition) is 1. The fourth-order valence-electron chi connectivity index (χ4n) is 2.38. The molecule has 102 valence electrons. The lowest BCUT2D eigenvalue weighted by Crippen LogP contribution is -2.44. The standard InChI is InChI=1S/C12H18N6O/c1-8-6-9(18(3)15-8)12-14-11(16-19-12)10-7-13-4-5-17(10)2/h6,10,13H,4-5,7H2,1-3H3. The van der Waals surface area contributed by atoms with Crippen LogP contribution in [0, 0.1) is 6.92 Å². The van der Waals surface area contributed by atoms with E-state index in [0.717, 1.165) is 36.8 Å². The monoisotopic (exact) mass is 262 g/mol. The second-order valence-corrected chi connectivity index (χ2v) is 4.95. The van der Waals surface area contributed by atoms with E-state index in [1.165, 1.54) is 0 Å². The number of piperazine rings is 1. The van der Waals surface area contributed by atoms with Gasteiger partial charge in [-0.2, -0.15) is 10.1 Å². The lowest BCUT2D eigenvalue weighted by molar-refractivity contribution is 0.190. The van der Waals surface area contributed by atoms with E-state index in [0.29, 0.717) is 5.89 Å². The molecule has 0 spiro atoms. The van der Waals surface area contributed by atoms with Crippen LogP contribution in [-0.4, -0.2) is 51.5 Å². The fourth-order valence-corrected chi connectivity index (χ4v) is 2.38. The van der Waals surface area contributed by atoms with Crippen molar-refractivity contribution in [1.29, 1.82) is 0 Å². The Balaban J connectivity index is 1.88. The predicted molar refractivity (Wildman–Crippen MR) is 69.5 cm³/mol. The summed E-state index contributed by atoms with van der Waals surface area (Å²) >= 11 is 0. The van der Waals surface area contributed by atoms with E-state index >= 15 is 0 Å². The van der Waals surface area contributed by atoms with Crippen LogP contribution in [0.2, 0.25) is 0 Å². The van der Waals surface area contributed by atoms with Crippen LogP contribution in [0.3, 0.4) is 0 Å². The van der Waals surface area contributed by atoms with Gasteiger partial charge in [0, 0.05) is 26.7 Å². The first-order chi connectivity index (χ1) is 9.15. The molecule has 19 heavy (non-hydrogen) atoms. The molecular formula is C12H18N6O. The molecule has 3 heterocycles. The van der Waals surface area contributed by atoms with E-state index < -0.39 is 0 Å². The molecule has 0 amide bonds. The zero-order valence-corrected chi connectivity index (χ0v) is 11.4. The quantitative estimate of drug-likeness (QED) is 0.842. The van der Waals surface area contributed by atoms with Gasteiger partial charge in [-0.3, -0.25) is 9.58 Å². The number of hydrogen-bond acceptors (Lipinski definition) is 6. The first-order valence-corrected chi connectivity index (χ1v) is 6.40. The lowest BCUT2D eigenvalue weighted by Gasteiger charge is -2.30. The predicted octanol–water partition coefficient (Wildman–Crippen LogP) is 0.355. The molecule has 1 aliphatic heterocycles. The maximum Gasteiger partial charge on any atom is 0.276 e. The molecule has 0 radical (unpaired) electrons. The summed E-state index contributed by atoms with van der Waals surface area (Å²) in [7, 11) is 3.95. The summed E-state index contributed by atoms with van der Waals surface area (Å²) < 4.78 is 7.13. The SMILES string of the molecule is Cc1cc(-c2nc(C3CNCCN3C)no2)n(C)n1. The Morgan fingerprint density at radius 1 is 1.42 bits per heavy atom. The van der Waals surface area contributed by atoms with Gasteiger partial charge in [0.05, 0.1) is 11.7 Å². The van der Waals surface area contributed by atoms with Crippen LogP contribution < -0.4 is 5.32 Å². The van der Waals surface area contributed by atoms with Crippen molar-refractivity contribution in [3.63, 3.8) is 0 Å². The second-order valence-electron chi connectivity index (χ2n) is 4.95. The minimum atomic E-state index is 0.167. The molecule has 7 heteroatoms. The molecule has 0 aromatic carbocycles. The molecule has 1 saturated heterocycles. The molecule has 0 saturated carbocycles. The van der Waals surface area contributed by atoms with E-state index in [2.05, 4.69) is 32.5 Å². The van der Waals surface area contributed by atoms with Crippen LogP contribution in [0.15, 0.2) is 10.6 Å². The van der Waals surface area contributed by atoms with Crippen molar-refractivity contribution < 1.29 is 4.52 Å². The maximum atomic E-state index is 5.37. The Labute approximate surface area is 111 Å². The Kier molecular flexibility index (Phi) is 3.08. The van der Waals surface area contributed by atoms with Gasteiger partial charge in [-0.25, -0.2) is 0 Å². The van der Waals surface area contributed by atoms with Crippen LogP contribution in [0.4, 0.5) is 0 Å². The topological polar surface area (TPSA) is 72.0 Å². The van der Waals surface area contributed by atoms with Crippen LogP contribution >= 0.6 is 0 Å². The van der Waals surface area contributed by atoms with Crippen molar-refractivity contribution in [2.24, 2.45) is 7.05 Å². The zero-order chi connectivity index (χ0) is 13.4. The number of aromatic nitrogens is 4. The van der Waals surface area contributed by atoms with Crippen LogP contribution in [-0.2, 0) is 7.05 Å². The van der Waals surface area contributed by atoms with E-state index in [9.17, 15) is 0 Å². The van der Waals surface area contributed by atoms with Gasteiger partial charge in [0.15, 0.2) is 5.82 Å². The van der Waals surface area contributed by atoms with Gasteiger partial charge in [-0.05, 0) is 20.0 Å². The summed E-state index contributed by atoms with van der Waals surface area (Å²) in [6.07, 6.45) is 0. The molecule has 1 N–H and O–H groups in total. The summed E-state index contributed by atoms with van der Waals surface area (Å²) in [6.45, 7) is 4.78. The molecule has 0 aliphatic carbocycles. The van der Waals surface area contributed by atoms with E-state index in [4.69, 9.17) is 4.52 Å². The Hall–Kier alpha value is -1.73. The third-order valence-corrected chi connectivity index (χ3v) is 3.47. The summed E-state index contributed by atoms with van der Waals surface area (Å²) in [5.41, 5.74) is 1.79. The molecular weight excluding hydrogens is 244 g/mol. The number of rotatable bonds is 2. The third kappa shape index (κ3) is 2.26. The van der Waals surface area contributed by atoms with Crippen LogP contribution in [0.1, 0.15) is 17.6 Å². The van der Waals surface area contributed by atoms with Crippen molar-refractivity contribution in [2.45, 2.75) is 13.0 Å². The number of nitrogens with zero attached hydrogens (tertiary/aromatic N) is 5. The normalized spacial score (nSPS) is 20.9. The average Bonchev–Trinajstić information content (AvgIpc) is 2.96. The second kappa shape index (κ2) is 4.75. The molecule has 3 rings (SSSR count). The van der Waals surface area contributed by atoms with Gasteiger partial charge in [-0.15, -0.1) is 0 Å². The molecule has 7 nitrogen and oxygen atoms in total. The van der Waals surface area contributed by atoms with Gasteiger partial charge in [0.1, 0.15) is 5.69 Å². The van der Waals surface area contributed by atoms with Crippen molar-refractivity contribution in [3.05, 3.63) is 17.6 Å². The molecule has 2 aromatic heterocycles. The summed E-state index contributed by atoms with van der Waals surface area (Å²) in [5, 5.41) is 11.7. The van der Waals surface area contributed by atoms with Gasteiger partial charge >= 0.3 is 0 Å². The minimum Gasteiger partial charge on any atom is -0.332 e. The van der Waals surface area contributed by atoms with Crippen molar-refractivity contribution in [3.8, 4) is 11.6 Å². The average molecular weight is 262 g/mol. The Morgan fingerprint density at radius 2 is 2.26 bits per heavy atom. The number of nitrogens with one attached hydrogen (secondary N) is 1. The third-order valence-electron chi connectivity index (χ3n) is 3.47. The maximum absolute atomic E-state index is 5.37. The lowest BCUT2D eigenvalue weighted by atomic mass is 10.2. The highest BCUT2D eigenvalue weighted by molar-refractivity contribution is 5.47. The first-order valence-electron chi connectivity index (χ1n) is 6.40. The van der Waals surface area contributed by atoms with Crippen LogP contribution in [0.5, 0.6) is 0 Å². The van der Waals surface area contributed by atoms with E-state index in [1.807, 2.05) is 20.0 Å². The minimum absolute atomic E-state index is 0.167. The van der Waals surface area contributed by atoms with Crippen molar-refractivity contribution in [2.75, 3.05) is 26.7 Å². The van der Waals surface area contributed by atoms with Gasteiger partial charge in [0.2, 0.25) is 0 Å². The van der Waals surface area contributed by atoms with Crippen molar-refractivity contribution in [1.82, 2.24) is 30.1 Å². The van der Waals surface area contributed by atoms with Gasteiger partial charge in [-0.1, -0.05) is 5.16 Å².